The second-order valence-electron chi connectivity index (χ2n) is 6.88. The number of benzene rings is 1. The highest BCUT2D eigenvalue weighted by Crippen LogP contribution is 2.27. The third-order valence-electron chi connectivity index (χ3n) is 5.32. The molecule has 1 aliphatic heterocycles. The van der Waals surface area contributed by atoms with Gasteiger partial charge in [-0.15, -0.1) is 5.10 Å². The van der Waals surface area contributed by atoms with Crippen LogP contribution in [0.4, 0.5) is 0 Å². The minimum atomic E-state index is -3.53. The van der Waals surface area contributed by atoms with Crippen molar-refractivity contribution in [1.29, 1.82) is 0 Å². The van der Waals surface area contributed by atoms with Crippen molar-refractivity contribution in [3.8, 4) is 0 Å². The van der Waals surface area contributed by atoms with Crippen molar-refractivity contribution >= 4 is 27.5 Å². The van der Waals surface area contributed by atoms with Gasteiger partial charge in [0.25, 0.3) is 5.91 Å². The molecule has 0 N–H and O–H groups in total. The van der Waals surface area contributed by atoms with Gasteiger partial charge in [-0.05, 0) is 60.5 Å². The predicted molar refractivity (Wildman–Crippen MR) is 102 cm³/mol. The fourth-order valence-electron chi connectivity index (χ4n) is 3.74. The Balaban J connectivity index is 1.46. The van der Waals surface area contributed by atoms with E-state index in [1.54, 1.807) is 11.0 Å². The van der Waals surface area contributed by atoms with Crippen LogP contribution in [0.5, 0.6) is 0 Å². The van der Waals surface area contributed by atoms with Gasteiger partial charge in [0.1, 0.15) is 4.88 Å². The van der Waals surface area contributed by atoms with E-state index in [1.807, 2.05) is 19.1 Å². The summed E-state index contributed by atoms with van der Waals surface area (Å²) in [6.07, 6.45) is 3.72. The molecule has 4 rings (SSSR count). The van der Waals surface area contributed by atoms with Gasteiger partial charge in [0.15, 0.2) is 0 Å². The van der Waals surface area contributed by atoms with Crippen LogP contribution in [0.1, 0.15) is 39.8 Å². The number of nitrogens with zero attached hydrogens (tertiary/aromatic N) is 4. The van der Waals surface area contributed by atoms with Gasteiger partial charge < -0.3 is 4.90 Å². The first-order valence-electron chi connectivity index (χ1n) is 9.23. The Morgan fingerprint density at radius 3 is 2.63 bits per heavy atom. The second-order valence-corrected chi connectivity index (χ2v) is 9.57. The molecule has 0 atom stereocenters. The van der Waals surface area contributed by atoms with Crippen molar-refractivity contribution in [2.75, 3.05) is 26.2 Å². The molecule has 1 aromatic carbocycles. The first kappa shape index (κ1) is 18.5. The lowest BCUT2D eigenvalue weighted by Gasteiger charge is -2.33. The summed E-state index contributed by atoms with van der Waals surface area (Å²) in [6, 6.07) is 5.48. The van der Waals surface area contributed by atoms with Crippen molar-refractivity contribution in [3.05, 3.63) is 39.9 Å². The number of hydrogen-bond acceptors (Lipinski definition) is 6. The Bertz CT molecular complexity index is 963. The molecule has 1 amide bonds. The molecule has 2 aromatic rings. The molecule has 27 heavy (non-hydrogen) atoms. The zero-order valence-electron chi connectivity index (χ0n) is 15.2. The van der Waals surface area contributed by atoms with Gasteiger partial charge in [-0.3, -0.25) is 4.79 Å². The third-order valence-corrected chi connectivity index (χ3v) is 7.97. The van der Waals surface area contributed by atoms with Crippen LogP contribution < -0.4 is 0 Å². The minimum Gasteiger partial charge on any atom is -0.335 e. The van der Waals surface area contributed by atoms with E-state index in [-0.39, 0.29) is 5.91 Å². The van der Waals surface area contributed by atoms with E-state index in [1.165, 1.54) is 9.87 Å². The lowest BCUT2D eigenvalue weighted by molar-refractivity contribution is 0.0701. The first-order chi connectivity index (χ1) is 13.0. The Hall–Kier alpha value is -1.84. The maximum atomic E-state index is 13.0. The third kappa shape index (κ3) is 3.39. The molecule has 0 spiro atoms. The summed E-state index contributed by atoms with van der Waals surface area (Å²) >= 11 is 1.11. The molecule has 0 unspecified atom stereocenters. The van der Waals surface area contributed by atoms with E-state index in [4.69, 9.17) is 0 Å². The molecule has 1 aromatic heterocycles. The van der Waals surface area contributed by atoms with Gasteiger partial charge in [0.05, 0.1) is 10.6 Å². The molecule has 1 fully saturated rings. The van der Waals surface area contributed by atoms with Crippen LogP contribution in [0.15, 0.2) is 23.1 Å². The summed E-state index contributed by atoms with van der Waals surface area (Å²) in [7, 11) is -3.53. The first-order valence-corrected chi connectivity index (χ1v) is 11.4. The van der Waals surface area contributed by atoms with Gasteiger partial charge in [0, 0.05) is 26.2 Å². The highest BCUT2D eigenvalue weighted by atomic mass is 32.2. The average molecular weight is 407 g/mol. The van der Waals surface area contributed by atoms with Crippen molar-refractivity contribution in [3.63, 3.8) is 0 Å². The number of aryl methyl sites for hydroxylation is 3. The maximum Gasteiger partial charge on any atom is 0.267 e. The standard InChI is InChI=1S/C18H22N4O3S2/c1-2-16-17(26-20-19-16)18(23)21-8-10-22(11-9-21)27(24,25)15-7-6-13-4-3-5-14(13)12-15/h6-7,12H,2-5,8-11H2,1H3. The molecule has 2 aliphatic rings. The Morgan fingerprint density at radius 1 is 1.15 bits per heavy atom. The molecule has 1 saturated heterocycles. The number of amides is 1. The average Bonchev–Trinajstić information content (AvgIpc) is 3.35. The molecule has 0 saturated carbocycles. The van der Waals surface area contributed by atoms with Gasteiger partial charge >= 0.3 is 0 Å². The molecule has 144 valence electrons. The number of carbonyl (C=O) groups is 1. The van der Waals surface area contributed by atoms with Gasteiger partial charge in [-0.25, -0.2) is 8.42 Å². The van der Waals surface area contributed by atoms with Crippen LogP contribution in [0, 0.1) is 0 Å². The molecule has 1 aliphatic carbocycles. The van der Waals surface area contributed by atoms with E-state index in [2.05, 4.69) is 9.59 Å². The number of rotatable bonds is 4. The monoisotopic (exact) mass is 406 g/mol. The van der Waals surface area contributed by atoms with E-state index in [0.717, 1.165) is 36.4 Å². The van der Waals surface area contributed by atoms with Gasteiger partial charge in [-0.2, -0.15) is 4.31 Å². The second kappa shape index (κ2) is 7.29. The zero-order chi connectivity index (χ0) is 19.0. The lowest BCUT2D eigenvalue weighted by Crippen LogP contribution is -2.50. The van der Waals surface area contributed by atoms with Crippen molar-refractivity contribution in [1.82, 2.24) is 18.8 Å². The van der Waals surface area contributed by atoms with Crippen LogP contribution >= 0.6 is 11.5 Å². The van der Waals surface area contributed by atoms with Crippen LogP contribution in [0.25, 0.3) is 0 Å². The molecular formula is C18H22N4O3S2. The summed E-state index contributed by atoms with van der Waals surface area (Å²) in [6.45, 7) is 3.31. The number of carbonyl (C=O) groups excluding carboxylic acids is 1. The SMILES string of the molecule is CCc1nnsc1C(=O)N1CCN(S(=O)(=O)c2ccc3c(c2)CCC3)CC1. The van der Waals surface area contributed by atoms with E-state index in [0.29, 0.717) is 48.1 Å². The Labute approximate surface area is 163 Å². The number of piperazine rings is 1. The highest BCUT2D eigenvalue weighted by molar-refractivity contribution is 7.89. The fraction of sp³-hybridized carbons (Fsp3) is 0.500. The number of sulfonamides is 1. The smallest absolute Gasteiger partial charge is 0.267 e. The summed E-state index contributed by atoms with van der Waals surface area (Å²) in [5, 5.41) is 3.99. The van der Waals surface area contributed by atoms with Crippen LogP contribution in [-0.2, 0) is 29.3 Å². The Morgan fingerprint density at radius 2 is 1.89 bits per heavy atom. The van der Waals surface area contributed by atoms with Gasteiger partial charge in [-0.1, -0.05) is 17.5 Å². The summed E-state index contributed by atoms with van der Waals surface area (Å²) < 4.78 is 31.3. The molecule has 9 heteroatoms. The van der Waals surface area contributed by atoms with Crippen LogP contribution in [0.2, 0.25) is 0 Å². The molecule has 7 nitrogen and oxygen atoms in total. The molecule has 2 heterocycles. The number of fused-ring (bicyclic) bond motifs is 1. The van der Waals surface area contributed by atoms with Crippen molar-refractivity contribution < 1.29 is 13.2 Å². The fourth-order valence-corrected chi connectivity index (χ4v) is 5.93. The van der Waals surface area contributed by atoms with E-state index >= 15 is 0 Å². The molecular weight excluding hydrogens is 384 g/mol. The molecule has 0 radical (unpaired) electrons. The predicted octanol–water partition coefficient (Wildman–Crippen LogP) is 1.74. The highest BCUT2D eigenvalue weighted by Gasteiger charge is 2.32. The largest absolute Gasteiger partial charge is 0.335 e. The Kier molecular flexibility index (Phi) is 5.00. The number of aromatic nitrogens is 2. The van der Waals surface area contributed by atoms with Crippen LogP contribution in [0.3, 0.4) is 0 Å². The topological polar surface area (TPSA) is 83.5 Å². The number of hydrogen-bond donors (Lipinski definition) is 0. The zero-order valence-corrected chi connectivity index (χ0v) is 16.9. The summed E-state index contributed by atoms with van der Waals surface area (Å²) in [5.74, 6) is -0.101. The van der Waals surface area contributed by atoms with Crippen molar-refractivity contribution in [2.45, 2.75) is 37.5 Å². The molecule has 0 bridgehead atoms. The lowest BCUT2D eigenvalue weighted by atomic mass is 10.1. The van der Waals surface area contributed by atoms with Crippen molar-refractivity contribution in [2.24, 2.45) is 0 Å². The summed E-state index contributed by atoms with van der Waals surface area (Å²) in [4.78, 5) is 15.3. The van der Waals surface area contributed by atoms with Crippen LogP contribution in [-0.4, -0.2) is 59.3 Å². The quantitative estimate of drug-likeness (QED) is 0.772. The van der Waals surface area contributed by atoms with E-state index in [9.17, 15) is 13.2 Å². The normalized spacial score (nSPS) is 17.9. The minimum absolute atomic E-state index is 0.101. The summed E-state index contributed by atoms with van der Waals surface area (Å²) in [5.41, 5.74) is 3.11. The van der Waals surface area contributed by atoms with Gasteiger partial charge in [0.2, 0.25) is 10.0 Å². The maximum absolute atomic E-state index is 13.0. The van der Waals surface area contributed by atoms with E-state index < -0.39 is 10.0 Å².